The number of halogens is 3. The SMILES string of the molecule is CC.O=c1c(-c2ccc(F)cc2)c[nH]c2cc(Cl)nc(Cl)c12. The van der Waals surface area contributed by atoms with E-state index in [-0.39, 0.29) is 26.9 Å². The van der Waals surface area contributed by atoms with E-state index in [0.717, 1.165) is 0 Å². The molecule has 0 spiro atoms. The summed E-state index contributed by atoms with van der Waals surface area (Å²) in [6.45, 7) is 4.00. The van der Waals surface area contributed by atoms with Crippen molar-refractivity contribution in [2.45, 2.75) is 13.8 Å². The van der Waals surface area contributed by atoms with E-state index in [4.69, 9.17) is 23.2 Å². The Morgan fingerprint density at radius 2 is 1.77 bits per heavy atom. The lowest BCUT2D eigenvalue weighted by atomic mass is 10.1. The fourth-order valence-corrected chi connectivity index (χ4v) is 2.52. The smallest absolute Gasteiger partial charge is 0.200 e. The van der Waals surface area contributed by atoms with Crippen LogP contribution in [0.5, 0.6) is 0 Å². The minimum absolute atomic E-state index is 0.0395. The average molecular weight is 339 g/mol. The zero-order valence-electron chi connectivity index (χ0n) is 12.0. The minimum Gasteiger partial charge on any atom is -0.360 e. The zero-order valence-corrected chi connectivity index (χ0v) is 13.5. The molecule has 2 aromatic heterocycles. The Hall–Kier alpha value is -1.91. The molecule has 0 fully saturated rings. The number of nitrogens with zero attached hydrogens (tertiary/aromatic N) is 1. The van der Waals surface area contributed by atoms with Crippen molar-refractivity contribution in [1.29, 1.82) is 0 Å². The molecule has 0 bridgehead atoms. The normalized spacial score (nSPS) is 10.2. The Morgan fingerprint density at radius 3 is 2.41 bits per heavy atom. The third kappa shape index (κ3) is 3.13. The van der Waals surface area contributed by atoms with Crippen LogP contribution >= 0.6 is 23.2 Å². The molecule has 0 aliphatic carbocycles. The quantitative estimate of drug-likeness (QED) is 0.630. The third-order valence-electron chi connectivity index (χ3n) is 2.94. The van der Waals surface area contributed by atoms with Crippen molar-refractivity contribution < 1.29 is 4.39 Å². The fourth-order valence-electron chi connectivity index (χ4n) is 2.01. The maximum atomic E-state index is 12.9. The van der Waals surface area contributed by atoms with Gasteiger partial charge in [-0.3, -0.25) is 4.79 Å². The van der Waals surface area contributed by atoms with Crippen molar-refractivity contribution in [1.82, 2.24) is 9.97 Å². The molecular weight excluding hydrogens is 326 g/mol. The van der Waals surface area contributed by atoms with Crippen LogP contribution in [0.3, 0.4) is 0 Å². The van der Waals surface area contributed by atoms with E-state index in [0.29, 0.717) is 16.6 Å². The van der Waals surface area contributed by atoms with Gasteiger partial charge in [0, 0.05) is 11.8 Å². The Kier molecular flexibility index (Phi) is 5.16. The Labute approximate surface area is 136 Å². The number of H-pyrrole nitrogens is 1. The van der Waals surface area contributed by atoms with Gasteiger partial charge in [-0.2, -0.15) is 0 Å². The molecule has 0 amide bonds. The van der Waals surface area contributed by atoms with Crippen LogP contribution in [0.2, 0.25) is 10.3 Å². The van der Waals surface area contributed by atoms with Gasteiger partial charge in [-0.15, -0.1) is 0 Å². The molecule has 0 aliphatic rings. The van der Waals surface area contributed by atoms with Gasteiger partial charge in [-0.25, -0.2) is 9.37 Å². The van der Waals surface area contributed by atoms with Gasteiger partial charge in [0.2, 0.25) is 0 Å². The largest absolute Gasteiger partial charge is 0.360 e. The lowest BCUT2D eigenvalue weighted by molar-refractivity contribution is 0.628. The molecule has 0 unspecified atom stereocenters. The summed E-state index contributed by atoms with van der Waals surface area (Å²) >= 11 is 11.8. The predicted molar refractivity (Wildman–Crippen MR) is 89.1 cm³/mol. The molecule has 6 heteroatoms. The van der Waals surface area contributed by atoms with Gasteiger partial charge in [0.15, 0.2) is 5.43 Å². The van der Waals surface area contributed by atoms with Gasteiger partial charge < -0.3 is 4.98 Å². The minimum atomic E-state index is -0.363. The third-order valence-corrected chi connectivity index (χ3v) is 3.41. The summed E-state index contributed by atoms with van der Waals surface area (Å²) in [7, 11) is 0. The first-order valence-electron chi connectivity index (χ1n) is 6.69. The second-order valence-corrected chi connectivity index (χ2v) is 4.94. The van der Waals surface area contributed by atoms with Crippen LogP contribution in [0.4, 0.5) is 4.39 Å². The van der Waals surface area contributed by atoms with Crippen LogP contribution in [0.25, 0.3) is 22.0 Å². The zero-order chi connectivity index (χ0) is 16.3. The van der Waals surface area contributed by atoms with Crippen molar-refractivity contribution in [3.8, 4) is 11.1 Å². The number of pyridine rings is 2. The summed E-state index contributed by atoms with van der Waals surface area (Å²) in [4.78, 5) is 19.3. The molecule has 0 saturated heterocycles. The van der Waals surface area contributed by atoms with E-state index in [1.807, 2.05) is 13.8 Å². The number of benzene rings is 1. The van der Waals surface area contributed by atoms with Gasteiger partial charge in [-0.05, 0) is 23.8 Å². The van der Waals surface area contributed by atoms with Gasteiger partial charge in [0.05, 0.1) is 10.9 Å². The van der Waals surface area contributed by atoms with Gasteiger partial charge in [0.25, 0.3) is 0 Å². The molecule has 0 atom stereocenters. The van der Waals surface area contributed by atoms with E-state index >= 15 is 0 Å². The second-order valence-electron chi connectivity index (χ2n) is 4.20. The maximum Gasteiger partial charge on any atom is 0.200 e. The maximum absolute atomic E-state index is 12.9. The molecule has 3 aromatic rings. The first-order valence-corrected chi connectivity index (χ1v) is 7.45. The number of aromatic nitrogens is 2. The first-order chi connectivity index (χ1) is 10.6. The summed E-state index contributed by atoms with van der Waals surface area (Å²) in [5.41, 5.74) is 1.22. The number of aromatic amines is 1. The molecule has 1 N–H and O–H groups in total. The Morgan fingerprint density at radius 1 is 1.14 bits per heavy atom. The monoisotopic (exact) mass is 338 g/mol. The molecule has 3 rings (SSSR count). The Balaban J connectivity index is 0.000000847. The lowest BCUT2D eigenvalue weighted by Crippen LogP contribution is -2.07. The predicted octanol–water partition coefficient (Wildman–Crippen LogP) is 5.06. The molecular formula is C16H13Cl2FN2O. The molecule has 22 heavy (non-hydrogen) atoms. The standard InChI is InChI=1S/C14H7Cl2FN2O.C2H6/c15-11-5-10-12(14(16)19-11)13(20)9(6-18-10)7-1-3-8(17)4-2-7;1-2/h1-6H,(H,18,20);1-2H3. The summed E-state index contributed by atoms with van der Waals surface area (Å²) in [5, 5.41) is 0.503. The average Bonchev–Trinajstić information content (AvgIpc) is 2.50. The molecule has 0 saturated carbocycles. The topological polar surface area (TPSA) is 45.8 Å². The Bertz CT molecular complexity index is 860. The fraction of sp³-hybridized carbons (Fsp3) is 0.125. The highest BCUT2D eigenvalue weighted by atomic mass is 35.5. The van der Waals surface area contributed by atoms with Crippen molar-refractivity contribution >= 4 is 34.1 Å². The van der Waals surface area contributed by atoms with Gasteiger partial charge in [0.1, 0.15) is 16.1 Å². The number of hydrogen-bond donors (Lipinski definition) is 1. The van der Waals surface area contributed by atoms with E-state index in [1.54, 1.807) is 6.20 Å². The molecule has 0 aliphatic heterocycles. The van der Waals surface area contributed by atoms with Crippen molar-refractivity contribution in [3.05, 3.63) is 62.9 Å². The second kappa shape index (κ2) is 6.90. The van der Waals surface area contributed by atoms with Crippen LogP contribution in [0, 0.1) is 5.82 Å². The molecule has 0 radical (unpaired) electrons. The number of hydrogen-bond acceptors (Lipinski definition) is 2. The van der Waals surface area contributed by atoms with Gasteiger partial charge >= 0.3 is 0 Å². The highest BCUT2D eigenvalue weighted by molar-refractivity contribution is 6.36. The lowest BCUT2D eigenvalue weighted by Gasteiger charge is -2.05. The molecule has 1 aromatic carbocycles. The van der Waals surface area contributed by atoms with Crippen molar-refractivity contribution in [2.75, 3.05) is 0 Å². The van der Waals surface area contributed by atoms with Crippen LogP contribution in [0.1, 0.15) is 13.8 Å². The molecule has 114 valence electrons. The highest BCUT2D eigenvalue weighted by Crippen LogP contribution is 2.23. The first kappa shape index (κ1) is 16.5. The van der Waals surface area contributed by atoms with E-state index in [9.17, 15) is 9.18 Å². The molecule has 2 heterocycles. The van der Waals surface area contributed by atoms with Crippen molar-refractivity contribution in [2.24, 2.45) is 0 Å². The van der Waals surface area contributed by atoms with Gasteiger partial charge in [-0.1, -0.05) is 49.2 Å². The molecule has 3 nitrogen and oxygen atoms in total. The number of nitrogens with one attached hydrogen (secondary N) is 1. The number of rotatable bonds is 1. The summed E-state index contributed by atoms with van der Waals surface area (Å²) in [5.74, 6) is -0.363. The summed E-state index contributed by atoms with van der Waals surface area (Å²) in [6.07, 6.45) is 1.55. The van der Waals surface area contributed by atoms with E-state index in [2.05, 4.69) is 9.97 Å². The van der Waals surface area contributed by atoms with Crippen molar-refractivity contribution in [3.63, 3.8) is 0 Å². The van der Waals surface area contributed by atoms with Crippen LogP contribution in [0.15, 0.2) is 41.3 Å². The van der Waals surface area contributed by atoms with Crippen LogP contribution in [-0.4, -0.2) is 9.97 Å². The summed E-state index contributed by atoms with van der Waals surface area (Å²) < 4.78 is 12.9. The van der Waals surface area contributed by atoms with Crippen LogP contribution in [-0.2, 0) is 0 Å². The number of fused-ring (bicyclic) bond motifs is 1. The summed E-state index contributed by atoms with van der Waals surface area (Å²) in [6, 6.07) is 7.17. The highest BCUT2D eigenvalue weighted by Gasteiger charge is 2.12. The van der Waals surface area contributed by atoms with Crippen LogP contribution < -0.4 is 5.43 Å². The van der Waals surface area contributed by atoms with E-state index in [1.165, 1.54) is 30.3 Å². The van der Waals surface area contributed by atoms with E-state index < -0.39 is 0 Å².